The quantitative estimate of drug-likeness (QED) is 0.730. The van der Waals surface area contributed by atoms with Gasteiger partial charge in [0.15, 0.2) is 0 Å². The standard InChI is InChI=1S/C12H24N2O/c13-11-5-6-14(8-11)9-12(15)7-10-3-1-2-4-10/h10-12,15H,1-9,13H2/t11-,12?/m0/s1. The number of β-amino-alcohol motifs (C(OH)–C–C–N with tert-alkyl or cyclic N) is 1. The number of aliphatic hydroxyl groups is 1. The van der Waals surface area contributed by atoms with Crippen molar-refractivity contribution in [3.05, 3.63) is 0 Å². The molecule has 1 aliphatic heterocycles. The third kappa shape index (κ3) is 3.44. The highest BCUT2D eigenvalue weighted by Crippen LogP contribution is 2.28. The van der Waals surface area contributed by atoms with Crippen molar-refractivity contribution in [3.63, 3.8) is 0 Å². The van der Waals surface area contributed by atoms with Crippen molar-refractivity contribution in [3.8, 4) is 0 Å². The summed E-state index contributed by atoms with van der Waals surface area (Å²) in [5, 5.41) is 9.97. The van der Waals surface area contributed by atoms with Gasteiger partial charge in [-0.2, -0.15) is 0 Å². The summed E-state index contributed by atoms with van der Waals surface area (Å²) in [6.45, 7) is 2.88. The number of likely N-dealkylation sites (tertiary alicyclic amines) is 1. The van der Waals surface area contributed by atoms with Crippen molar-refractivity contribution in [2.75, 3.05) is 19.6 Å². The van der Waals surface area contributed by atoms with Gasteiger partial charge in [-0.1, -0.05) is 25.7 Å². The molecule has 0 spiro atoms. The lowest BCUT2D eigenvalue weighted by Crippen LogP contribution is -2.33. The first kappa shape index (κ1) is 11.4. The van der Waals surface area contributed by atoms with Crippen molar-refractivity contribution >= 4 is 0 Å². The summed E-state index contributed by atoms with van der Waals surface area (Å²) in [5.74, 6) is 0.788. The molecule has 3 heteroatoms. The van der Waals surface area contributed by atoms with Crippen LogP contribution in [0.1, 0.15) is 38.5 Å². The number of nitrogens with two attached hydrogens (primary N) is 1. The van der Waals surface area contributed by atoms with Gasteiger partial charge in [0.05, 0.1) is 6.10 Å². The molecule has 3 nitrogen and oxygen atoms in total. The lowest BCUT2D eigenvalue weighted by atomic mass is 10.00. The summed E-state index contributed by atoms with van der Waals surface area (Å²) in [6.07, 6.45) is 7.37. The SMILES string of the molecule is N[C@H]1CCN(CC(O)CC2CCCC2)C1. The first-order valence-corrected chi connectivity index (χ1v) is 6.40. The Labute approximate surface area is 92.6 Å². The molecule has 88 valence electrons. The van der Waals surface area contributed by atoms with Crippen LogP contribution in [0.4, 0.5) is 0 Å². The van der Waals surface area contributed by atoms with E-state index in [0.29, 0.717) is 6.04 Å². The van der Waals surface area contributed by atoms with Gasteiger partial charge in [-0.25, -0.2) is 0 Å². The lowest BCUT2D eigenvalue weighted by Gasteiger charge is -2.21. The van der Waals surface area contributed by atoms with Crippen LogP contribution in [0.2, 0.25) is 0 Å². The molecule has 0 bridgehead atoms. The Kier molecular flexibility index (Phi) is 4.00. The van der Waals surface area contributed by atoms with Crippen LogP contribution in [0.5, 0.6) is 0 Å². The molecular formula is C12H24N2O. The smallest absolute Gasteiger partial charge is 0.0669 e. The minimum Gasteiger partial charge on any atom is -0.392 e. The Morgan fingerprint density at radius 1 is 1.27 bits per heavy atom. The molecule has 2 atom stereocenters. The zero-order chi connectivity index (χ0) is 10.7. The zero-order valence-corrected chi connectivity index (χ0v) is 9.57. The molecule has 1 heterocycles. The van der Waals surface area contributed by atoms with Gasteiger partial charge in [0.1, 0.15) is 0 Å². The maximum absolute atomic E-state index is 9.97. The summed E-state index contributed by atoms with van der Waals surface area (Å²) in [7, 11) is 0. The second-order valence-corrected chi connectivity index (χ2v) is 5.35. The van der Waals surface area contributed by atoms with Gasteiger partial charge in [-0.3, -0.25) is 4.90 Å². The molecule has 0 aromatic heterocycles. The van der Waals surface area contributed by atoms with E-state index in [0.717, 1.165) is 38.4 Å². The highest BCUT2D eigenvalue weighted by molar-refractivity contribution is 4.80. The Bertz CT molecular complexity index is 192. The van der Waals surface area contributed by atoms with E-state index in [1.807, 2.05) is 0 Å². The Morgan fingerprint density at radius 3 is 2.60 bits per heavy atom. The van der Waals surface area contributed by atoms with Gasteiger partial charge < -0.3 is 10.8 Å². The van der Waals surface area contributed by atoms with E-state index >= 15 is 0 Å². The molecule has 15 heavy (non-hydrogen) atoms. The average molecular weight is 212 g/mol. The third-order valence-electron chi connectivity index (χ3n) is 3.86. The Hall–Kier alpha value is -0.120. The van der Waals surface area contributed by atoms with Crippen LogP contribution in [-0.4, -0.2) is 41.8 Å². The summed E-state index contributed by atoms with van der Waals surface area (Å²) >= 11 is 0. The van der Waals surface area contributed by atoms with Crippen molar-refractivity contribution in [2.24, 2.45) is 11.7 Å². The Morgan fingerprint density at radius 2 is 2.00 bits per heavy atom. The predicted octanol–water partition coefficient (Wildman–Crippen LogP) is 0.961. The maximum Gasteiger partial charge on any atom is 0.0669 e. The lowest BCUT2D eigenvalue weighted by molar-refractivity contribution is 0.101. The maximum atomic E-state index is 9.97. The molecule has 0 aromatic carbocycles. The van der Waals surface area contributed by atoms with Crippen LogP contribution in [-0.2, 0) is 0 Å². The molecule has 0 aromatic rings. The van der Waals surface area contributed by atoms with Crippen molar-refractivity contribution in [2.45, 2.75) is 50.7 Å². The van der Waals surface area contributed by atoms with Crippen LogP contribution < -0.4 is 5.73 Å². The first-order valence-electron chi connectivity index (χ1n) is 6.40. The van der Waals surface area contributed by atoms with Gasteiger partial charge in [0.25, 0.3) is 0 Å². The van der Waals surface area contributed by atoms with E-state index in [2.05, 4.69) is 4.90 Å². The number of rotatable bonds is 4. The van der Waals surface area contributed by atoms with Crippen LogP contribution in [0.25, 0.3) is 0 Å². The summed E-state index contributed by atoms with van der Waals surface area (Å²) in [4.78, 5) is 2.31. The summed E-state index contributed by atoms with van der Waals surface area (Å²) in [6, 6.07) is 0.337. The highest BCUT2D eigenvalue weighted by atomic mass is 16.3. The molecule has 2 aliphatic rings. The number of hydrogen-bond acceptors (Lipinski definition) is 3. The Balaban J connectivity index is 1.65. The topological polar surface area (TPSA) is 49.5 Å². The van der Waals surface area contributed by atoms with Gasteiger partial charge in [-0.15, -0.1) is 0 Å². The third-order valence-corrected chi connectivity index (χ3v) is 3.86. The normalized spacial score (nSPS) is 31.2. The largest absolute Gasteiger partial charge is 0.392 e. The molecule has 1 saturated heterocycles. The van der Waals surface area contributed by atoms with Crippen molar-refractivity contribution in [1.82, 2.24) is 4.90 Å². The number of nitrogens with zero attached hydrogens (tertiary/aromatic N) is 1. The van der Waals surface area contributed by atoms with Gasteiger partial charge >= 0.3 is 0 Å². The molecule has 1 unspecified atom stereocenters. The fourth-order valence-electron chi connectivity index (χ4n) is 3.03. The van der Waals surface area contributed by atoms with Crippen molar-refractivity contribution in [1.29, 1.82) is 0 Å². The fraction of sp³-hybridized carbons (Fsp3) is 1.00. The minimum absolute atomic E-state index is 0.126. The molecule has 0 radical (unpaired) electrons. The number of hydrogen-bond donors (Lipinski definition) is 2. The van der Waals surface area contributed by atoms with E-state index in [-0.39, 0.29) is 6.10 Å². The minimum atomic E-state index is -0.126. The van der Waals surface area contributed by atoms with Crippen LogP contribution in [0.3, 0.4) is 0 Å². The predicted molar refractivity (Wildman–Crippen MR) is 61.6 cm³/mol. The van der Waals surface area contributed by atoms with Crippen LogP contribution in [0.15, 0.2) is 0 Å². The zero-order valence-electron chi connectivity index (χ0n) is 9.57. The van der Waals surface area contributed by atoms with Gasteiger partial charge in [-0.05, 0) is 25.3 Å². The molecule has 0 amide bonds. The van der Waals surface area contributed by atoms with Crippen LogP contribution in [0, 0.1) is 5.92 Å². The second-order valence-electron chi connectivity index (χ2n) is 5.35. The van der Waals surface area contributed by atoms with Crippen LogP contribution >= 0.6 is 0 Å². The average Bonchev–Trinajstić information content (AvgIpc) is 2.77. The van der Waals surface area contributed by atoms with Crippen molar-refractivity contribution < 1.29 is 5.11 Å². The molecule has 2 fully saturated rings. The number of aliphatic hydroxyl groups excluding tert-OH is 1. The van der Waals surface area contributed by atoms with E-state index in [1.54, 1.807) is 0 Å². The molecular weight excluding hydrogens is 188 g/mol. The second kappa shape index (κ2) is 5.28. The fourth-order valence-corrected chi connectivity index (χ4v) is 3.03. The molecule has 1 saturated carbocycles. The highest BCUT2D eigenvalue weighted by Gasteiger charge is 2.24. The van der Waals surface area contributed by atoms with E-state index in [1.165, 1.54) is 25.7 Å². The van der Waals surface area contributed by atoms with E-state index in [4.69, 9.17) is 5.73 Å². The van der Waals surface area contributed by atoms with Gasteiger partial charge in [0.2, 0.25) is 0 Å². The van der Waals surface area contributed by atoms with E-state index < -0.39 is 0 Å². The summed E-state index contributed by atoms with van der Waals surface area (Å²) in [5.41, 5.74) is 5.84. The molecule has 3 N–H and O–H groups in total. The monoisotopic (exact) mass is 212 g/mol. The van der Waals surface area contributed by atoms with Gasteiger partial charge in [0, 0.05) is 19.1 Å². The van der Waals surface area contributed by atoms with E-state index in [9.17, 15) is 5.11 Å². The summed E-state index contributed by atoms with van der Waals surface area (Å²) < 4.78 is 0. The molecule has 1 aliphatic carbocycles. The molecule has 2 rings (SSSR count). The first-order chi connectivity index (χ1) is 7.24.